The van der Waals surface area contributed by atoms with Gasteiger partial charge >= 0.3 is 6.03 Å². The second kappa shape index (κ2) is 8.22. The summed E-state index contributed by atoms with van der Waals surface area (Å²) < 4.78 is 1.65. The fraction of sp³-hybridized carbons (Fsp3) is 0.286. The lowest BCUT2D eigenvalue weighted by molar-refractivity contribution is 0.116. The summed E-state index contributed by atoms with van der Waals surface area (Å²) in [4.78, 5) is 21.2. The van der Waals surface area contributed by atoms with Crippen molar-refractivity contribution in [1.29, 1.82) is 0 Å². The molecule has 1 atom stereocenters. The number of aromatic nitrogens is 3. The lowest BCUT2D eigenvalue weighted by Gasteiger charge is -2.39. The average molecular weight is 376 g/mol. The van der Waals surface area contributed by atoms with Gasteiger partial charge in [0.15, 0.2) is 11.6 Å². The molecule has 2 amide bonds. The molecule has 1 saturated heterocycles. The summed E-state index contributed by atoms with van der Waals surface area (Å²) in [5, 5.41) is 7.31. The van der Waals surface area contributed by atoms with Gasteiger partial charge in [-0.05, 0) is 31.2 Å². The van der Waals surface area contributed by atoms with E-state index in [2.05, 4.69) is 51.6 Å². The minimum atomic E-state index is -0.113. The lowest BCUT2D eigenvalue weighted by atomic mass is 10.0. The van der Waals surface area contributed by atoms with Crippen LogP contribution in [-0.4, -0.2) is 63.3 Å². The molecule has 1 unspecified atom stereocenters. The molecular weight excluding hydrogens is 352 g/mol. The van der Waals surface area contributed by atoms with Gasteiger partial charge in [-0.2, -0.15) is 0 Å². The average Bonchev–Trinajstić information content (AvgIpc) is 3.19. The number of pyridine rings is 1. The Kier molecular flexibility index (Phi) is 5.34. The van der Waals surface area contributed by atoms with Crippen LogP contribution in [0.2, 0.25) is 0 Å². The van der Waals surface area contributed by atoms with E-state index in [-0.39, 0.29) is 6.03 Å². The molecule has 2 aromatic heterocycles. The van der Waals surface area contributed by atoms with E-state index in [0.29, 0.717) is 30.8 Å². The number of nitrogens with zero attached hydrogens (tertiary/aromatic N) is 5. The van der Waals surface area contributed by atoms with E-state index in [1.165, 1.54) is 5.56 Å². The predicted molar refractivity (Wildman–Crippen MR) is 109 cm³/mol. The van der Waals surface area contributed by atoms with E-state index in [1.807, 2.05) is 29.2 Å². The molecule has 1 fully saturated rings. The molecule has 4 rings (SSSR count). The Morgan fingerprint density at radius 2 is 1.93 bits per heavy atom. The number of benzene rings is 1. The van der Waals surface area contributed by atoms with Crippen LogP contribution in [0.5, 0.6) is 0 Å². The summed E-state index contributed by atoms with van der Waals surface area (Å²) in [6.07, 6.45) is 4.43. The topological polar surface area (TPSA) is 66.3 Å². The molecule has 0 aliphatic carbocycles. The van der Waals surface area contributed by atoms with Gasteiger partial charge in [-0.3, -0.25) is 10.2 Å². The molecule has 3 aromatic rings. The number of piperazine rings is 1. The molecule has 0 spiro atoms. The van der Waals surface area contributed by atoms with Crippen LogP contribution in [0.15, 0.2) is 67.0 Å². The van der Waals surface area contributed by atoms with E-state index in [9.17, 15) is 4.79 Å². The first-order valence-corrected chi connectivity index (χ1v) is 9.46. The first-order chi connectivity index (χ1) is 13.7. The lowest BCUT2D eigenvalue weighted by Crippen LogP contribution is -2.55. The molecule has 1 N–H and O–H groups in total. The molecule has 1 aliphatic rings. The summed E-state index contributed by atoms with van der Waals surface area (Å²) in [6.45, 7) is 2.25. The number of carbonyl (C=O) groups is 1. The fourth-order valence-corrected chi connectivity index (χ4v) is 3.43. The summed E-state index contributed by atoms with van der Waals surface area (Å²) in [5.41, 5.74) is 1.29. The largest absolute Gasteiger partial charge is 0.323 e. The van der Waals surface area contributed by atoms with Crippen molar-refractivity contribution in [2.24, 2.45) is 0 Å². The predicted octanol–water partition coefficient (Wildman–Crippen LogP) is 2.66. The van der Waals surface area contributed by atoms with Gasteiger partial charge < -0.3 is 4.90 Å². The second-order valence-corrected chi connectivity index (χ2v) is 7.03. The van der Waals surface area contributed by atoms with Crippen LogP contribution in [-0.2, 0) is 6.42 Å². The minimum absolute atomic E-state index is 0.113. The third kappa shape index (κ3) is 4.20. The molecule has 1 aromatic carbocycles. The van der Waals surface area contributed by atoms with Crippen molar-refractivity contribution >= 4 is 11.8 Å². The summed E-state index contributed by atoms with van der Waals surface area (Å²) in [6, 6.07) is 18.0. The number of hydrogen-bond donors (Lipinski definition) is 1. The van der Waals surface area contributed by atoms with Gasteiger partial charge in [0, 0.05) is 44.1 Å². The number of rotatable bonds is 4. The third-order valence-corrected chi connectivity index (χ3v) is 5.09. The van der Waals surface area contributed by atoms with Gasteiger partial charge in [-0.15, -0.1) is 5.10 Å². The highest BCUT2D eigenvalue weighted by Gasteiger charge is 2.27. The second-order valence-electron chi connectivity index (χ2n) is 7.03. The van der Waals surface area contributed by atoms with Gasteiger partial charge in [-0.25, -0.2) is 14.5 Å². The van der Waals surface area contributed by atoms with E-state index >= 15 is 0 Å². The Morgan fingerprint density at radius 1 is 1.11 bits per heavy atom. The molecule has 3 heterocycles. The van der Waals surface area contributed by atoms with E-state index in [0.717, 1.165) is 13.0 Å². The van der Waals surface area contributed by atoms with Crippen LogP contribution in [0.1, 0.15) is 5.56 Å². The van der Waals surface area contributed by atoms with Crippen LogP contribution >= 0.6 is 0 Å². The maximum Gasteiger partial charge on any atom is 0.323 e. The van der Waals surface area contributed by atoms with Crippen LogP contribution < -0.4 is 5.32 Å². The number of hydrogen-bond acceptors (Lipinski definition) is 4. The molecular formula is C21H24N6O. The smallest absolute Gasteiger partial charge is 0.322 e. The third-order valence-electron chi connectivity index (χ3n) is 5.09. The standard InChI is InChI=1S/C21H24N6O/c1-25-13-14-26(16-18(25)15-17-7-3-2-4-8-17)21(28)23-19-10-12-27(24-19)20-9-5-6-11-22-20/h2-12,18H,13-16H2,1H3,(H,23,24,28). The quantitative estimate of drug-likeness (QED) is 0.760. The SMILES string of the molecule is CN1CCN(C(=O)Nc2ccn(-c3ccccn3)n2)CC1Cc1ccccc1. The van der Waals surface area contributed by atoms with Crippen molar-refractivity contribution in [3.63, 3.8) is 0 Å². The maximum absolute atomic E-state index is 12.7. The van der Waals surface area contributed by atoms with Crippen molar-refractivity contribution < 1.29 is 4.79 Å². The molecule has 28 heavy (non-hydrogen) atoms. The minimum Gasteiger partial charge on any atom is -0.322 e. The highest BCUT2D eigenvalue weighted by molar-refractivity contribution is 5.88. The summed E-state index contributed by atoms with van der Waals surface area (Å²) >= 11 is 0. The molecule has 7 heteroatoms. The van der Waals surface area contributed by atoms with Crippen LogP contribution in [0, 0.1) is 0 Å². The first kappa shape index (κ1) is 18.2. The fourth-order valence-electron chi connectivity index (χ4n) is 3.43. The first-order valence-electron chi connectivity index (χ1n) is 9.46. The van der Waals surface area contributed by atoms with Crippen molar-refractivity contribution in [3.8, 4) is 5.82 Å². The van der Waals surface area contributed by atoms with E-state index in [1.54, 1.807) is 23.1 Å². The summed E-state index contributed by atoms with van der Waals surface area (Å²) in [5.74, 6) is 1.24. The zero-order chi connectivity index (χ0) is 19.3. The maximum atomic E-state index is 12.7. The summed E-state index contributed by atoms with van der Waals surface area (Å²) in [7, 11) is 2.12. The van der Waals surface area contributed by atoms with Crippen molar-refractivity contribution in [1.82, 2.24) is 24.6 Å². The molecule has 0 radical (unpaired) electrons. The number of anilines is 1. The Hall–Kier alpha value is -3.19. The number of urea groups is 1. The van der Waals surface area contributed by atoms with Crippen molar-refractivity contribution in [3.05, 3.63) is 72.6 Å². The molecule has 7 nitrogen and oxygen atoms in total. The Labute approximate surface area is 164 Å². The van der Waals surface area contributed by atoms with E-state index in [4.69, 9.17) is 0 Å². The van der Waals surface area contributed by atoms with Gasteiger partial charge in [0.25, 0.3) is 0 Å². The highest BCUT2D eigenvalue weighted by Crippen LogP contribution is 2.15. The Balaban J connectivity index is 1.39. The monoisotopic (exact) mass is 376 g/mol. The zero-order valence-corrected chi connectivity index (χ0v) is 15.9. The Bertz CT molecular complexity index is 911. The van der Waals surface area contributed by atoms with Crippen LogP contribution in [0.4, 0.5) is 10.6 Å². The van der Waals surface area contributed by atoms with Crippen molar-refractivity contribution in [2.45, 2.75) is 12.5 Å². The normalized spacial score (nSPS) is 17.5. The molecule has 1 aliphatic heterocycles. The van der Waals surface area contributed by atoms with Crippen LogP contribution in [0.25, 0.3) is 5.82 Å². The Morgan fingerprint density at radius 3 is 2.71 bits per heavy atom. The number of carbonyl (C=O) groups excluding carboxylic acids is 1. The molecule has 144 valence electrons. The highest BCUT2D eigenvalue weighted by atomic mass is 16.2. The van der Waals surface area contributed by atoms with Gasteiger partial charge in [0.1, 0.15) is 0 Å². The number of nitrogens with one attached hydrogen (secondary N) is 1. The molecule has 0 bridgehead atoms. The van der Waals surface area contributed by atoms with E-state index < -0.39 is 0 Å². The van der Waals surface area contributed by atoms with Gasteiger partial charge in [0.05, 0.1) is 0 Å². The molecule has 0 saturated carbocycles. The number of likely N-dealkylation sites (N-methyl/N-ethyl adjacent to an activating group) is 1. The van der Waals surface area contributed by atoms with Gasteiger partial charge in [-0.1, -0.05) is 36.4 Å². The van der Waals surface area contributed by atoms with Crippen molar-refractivity contribution in [2.75, 3.05) is 32.0 Å². The van der Waals surface area contributed by atoms with Gasteiger partial charge in [0.2, 0.25) is 0 Å². The zero-order valence-electron chi connectivity index (χ0n) is 15.9. The number of amides is 2. The van der Waals surface area contributed by atoms with Crippen LogP contribution in [0.3, 0.4) is 0 Å².